The molecule has 0 aliphatic heterocycles. The second-order valence-corrected chi connectivity index (χ2v) is 3.93. The van der Waals surface area contributed by atoms with Crippen LogP contribution in [-0.4, -0.2) is 11.6 Å². The lowest BCUT2D eigenvalue weighted by Gasteiger charge is -2.01. The molecular formula is C14H14N2O2. The molecule has 1 N–H and O–H groups in total. The molecule has 0 aliphatic rings. The Kier molecular flexibility index (Phi) is 3.91. The highest BCUT2D eigenvalue weighted by molar-refractivity contribution is 5.93. The van der Waals surface area contributed by atoms with E-state index in [-0.39, 0.29) is 11.7 Å². The van der Waals surface area contributed by atoms with Crippen molar-refractivity contribution in [2.24, 2.45) is 5.10 Å². The molecule has 1 aromatic carbocycles. The molecule has 2 aromatic rings. The zero-order valence-electron chi connectivity index (χ0n) is 10.1. The Balaban J connectivity index is 1.92. The van der Waals surface area contributed by atoms with Crippen LogP contribution in [0.25, 0.3) is 0 Å². The number of hydrogen-bond acceptors (Lipinski definition) is 3. The number of hydrogen-bond donors (Lipinski definition) is 1. The summed E-state index contributed by atoms with van der Waals surface area (Å²) >= 11 is 0. The van der Waals surface area contributed by atoms with Crippen LogP contribution in [0.2, 0.25) is 0 Å². The summed E-state index contributed by atoms with van der Waals surface area (Å²) in [5.41, 5.74) is 4.45. The van der Waals surface area contributed by atoms with Gasteiger partial charge in [0, 0.05) is 12.1 Å². The number of carbonyl (C=O) groups is 1. The fourth-order valence-corrected chi connectivity index (χ4v) is 1.54. The third kappa shape index (κ3) is 3.31. The Hall–Kier alpha value is -2.36. The number of nitrogens with zero attached hydrogens (tertiary/aromatic N) is 1. The Morgan fingerprint density at radius 1 is 1.22 bits per heavy atom. The van der Waals surface area contributed by atoms with Crippen molar-refractivity contribution in [2.75, 3.05) is 0 Å². The van der Waals surface area contributed by atoms with Crippen LogP contribution >= 0.6 is 0 Å². The van der Waals surface area contributed by atoms with Crippen molar-refractivity contribution in [3.8, 4) is 0 Å². The first kappa shape index (κ1) is 12.1. The molecule has 18 heavy (non-hydrogen) atoms. The van der Waals surface area contributed by atoms with Crippen LogP contribution in [0.5, 0.6) is 0 Å². The van der Waals surface area contributed by atoms with Gasteiger partial charge in [0.2, 0.25) is 0 Å². The predicted molar refractivity (Wildman–Crippen MR) is 69.4 cm³/mol. The van der Waals surface area contributed by atoms with Gasteiger partial charge < -0.3 is 4.42 Å². The van der Waals surface area contributed by atoms with Gasteiger partial charge in [-0.15, -0.1) is 0 Å². The molecule has 0 saturated heterocycles. The van der Waals surface area contributed by atoms with Gasteiger partial charge in [0.15, 0.2) is 5.76 Å². The van der Waals surface area contributed by atoms with Crippen LogP contribution in [0.15, 0.2) is 58.2 Å². The summed E-state index contributed by atoms with van der Waals surface area (Å²) in [5.74, 6) is -0.0846. The monoisotopic (exact) mass is 242 g/mol. The van der Waals surface area contributed by atoms with Crippen molar-refractivity contribution in [1.82, 2.24) is 5.43 Å². The number of amides is 1. The average Bonchev–Trinajstić information content (AvgIpc) is 2.91. The molecule has 1 amide bonds. The normalized spacial score (nSPS) is 11.3. The molecule has 0 unspecified atom stereocenters. The summed E-state index contributed by atoms with van der Waals surface area (Å²) in [6.45, 7) is 1.87. The van der Waals surface area contributed by atoms with Crippen LogP contribution in [0.3, 0.4) is 0 Å². The van der Waals surface area contributed by atoms with E-state index in [2.05, 4.69) is 10.5 Å². The molecule has 4 nitrogen and oxygen atoms in total. The number of furan rings is 1. The van der Waals surface area contributed by atoms with Gasteiger partial charge in [0.25, 0.3) is 0 Å². The van der Waals surface area contributed by atoms with Crippen LogP contribution in [-0.2, 0) is 6.42 Å². The summed E-state index contributed by atoms with van der Waals surface area (Å²) in [7, 11) is 0. The summed E-state index contributed by atoms with van der Waals surface area (Å²) in [6.07, 6.45) is 2.16. The second-order valence-electron chi connectivity index (χ2n) is 3.93. The standard InChI is InChI=1S/C14H14N2O2/c1-11(10-12-6-3-2-4-7-12)15-16-14(17)13-8-5-9-18-13/h2-9H,10H2,1H3,(H,16,17)/b15-11+. The van der Waals surface area contributed by atoms with Gasteiger partial charge in [-0.2, -0.15) is 5.10 Å². The highest BCUT2D eigenvalue weighted by atomic mass is 16.3. The van der Waals surface area contributed by atoms with Gasteiger partial charge in [-0.05, 0) is 24.6 Å². The van der Waals surface area contributed by atoms with Crippen LogP contribution < -0.4 is 5.43 Å². The molecule has 92 valence electrons. The van der Waals surface area contributed by atoms with Crippen molar-refractivity contribution < 1.29 is 9.21 Å². The van der Waals surface area contributed by atoms with Crippen molar-refractivity contribution in [2.45, 2.75) is 13.3 Å². The van der Waals surface area contributed by atoms with Gasteiger partial charge in [-0.25, -0.2) is 5.43 Å². The van der Waals surface area contributed by atoms with E-state index < -0.39 is 0 Å². The number of benzene rings is 1. The molecule has 4 heteroatoms. The van der Waals surface area contributed by atoms with Crippen molar-refractivity contribution in [3.05, 3.63) is 60.1 Å². The minimum absolute atomic E-state index is 0.256. The summed E-state index contributed by atoms with van der Waals surface area (Å²) in [5, 5.41) is 4.03. The number of carbonyl (C=O) groups excluding carboxylic acids is 1. The Morgan fingerprint density at radius 3 is 2.67 bits per heavy atom. The molecule has 0 spiro atoms. The third-order valence-electron chi connectivity index (χ3n) is 2.40. The lowest BCUT2D eigenvalue weighted by molar-refractivity contribution is 0.0927. The molecule has 0 aliphatic carbocycles. The van der Waals surface area contributed by atoms with Crippen LogP contribution in [0, 0.1) is 0 Å². The zero-order valence-corrected chi connectivity index (χ0v) is 10.1. The first-order valence-corrected chi connectivity index (χ1v) is 5.66. The Morgan fingerprint density at radius 2 is 2.00 bits per heavy atom. The predicted octanol–water partition coefficient (Wildman–Crippen LogP) is 2.63. The van der Waals surface area contributed by atoms with Gasteiger partial charge in [-0.1, -0.05) is 30.3 Å². The highest BCUT2D eigenvalue weighted by Gasteiger charge is 2.06. The maximum Gasteiger partial charge on any atom is 0.307 e. The summed E-state index contributed by atoms with van der Waals surface area (Å²) in [6, 6.07) is 13.2. The maximum atomic E-state index is 11.6. The quantitative estimate of drug-likeness (QED) is 0.662. The zero-order chi connectivity index (χ0) is 12.8. The third-order valence-corrected chi connectivity index (χ3v) is 2.40. The Labute approximate surface area is 105 Å². The minimum Gasteiger partial charge on any atom is -0.459 e. The summed E-state index contributed by atoms with van der Waals surface area (Å²) < 4.78 is 4.96. The molecule has 2 rings (SSSR count). The van der Waals surface area contributed by atoms with Crippen molar-refractivity contribution in [3.63, 3.8) is 0 Å². The number of rotatable bonds is 4. The van der Waals surface area contributed by atoms with Gasteiger partial charge >= 0.3 is 5.91 Å². The number of hydrazone groups is 1. The van der Waals surface area contributed by atoms with Crippen molar-refractivity contribution in [1.29, 1.82) is 0 Å². The molecule has 0 fully saturated rings. The second kappa shape index (κ2) is 5.82. The molecular weight excluding hydrogens is 228 g/mol. The van der Waals surface area contributed by atoms with Crippen LogP contribution in [0.1, 0.15) is 23.0 Å². The molecule has 0 saturated carbocycles. The van der Waals surface area contributed by atoms with E-state index in [1.807, 2.05) is 37.3 Å². The smallest absolute Gasteiger partial charge is 0.307 e. The van der Waals surface area contributed by atoms with Gasteiger partial charge in [0.1, 0.15) is 0 Å². The highest BCUT2D eigenvalue weighted by Crippen LogP contribution is 2.01. The first-order chi connectivity index (χ1) is 8.75. The molecule has 0 bridgehead atoms. The minimum atomic E-state index is -0.340. The average molecular weight is 242 g/mol. The topological polar surface area (TPSA) is 54.6 Å². The lowest BCUT2D eigenvalue weighted by Crippen LogP contribution is -2.18. The van der Waals surface area contributed by atoms with E-state index in [0.717, 1.165) is 11.3 Å². The van der Waals surface area contributed by atoms with E-state index in [9.17, 15) is 4.79 Å². The van der Waals surface area contributed by atoms with E-state index in [4.69, 9.17) is 4.42 Å². The lowest BCUT2D eigenvalue weighted by atomic mass is 10.1. The Bertz CT molecular complexity index is 530. The number of nitrogens with one attached hydrogen (secondary N) is 1. The van der Waals surface area contributed by atoms with Gasteiger partial charge in [0.05, 0.1) is 6.26 Å². The molecule has 0 radical (unpaired) electrons. The molecule has 1 aromatic heterocycles. The van der Waals surface area contributed by atoms with Gasteiger partial charge in [-0.3, -0.25) is 4.79 Å². The van der Waals surface area contributed by atoms with E-state index >= 15 is 0 Å². The van der Waals surface area contributed by atoms with E-state index in [0.29, 0.717) is 6.42 Å². The van der Waals surface area contributed by atoms with Crippen molar-refractivity contribution >= 4 is 11.6 Å². The summed E-state index contributed by atoms with van der Waals surface area (Å²) in [4.78, 5) is 11.6. The van der Waals surface area contributed by atoms with E-state index in [1.165, 1.54) is 6.26 Å². The maximum absolute atomic E-state index is 11.6. The first-order valence-electron chi connectivity index (χ1n) is 5.66. The fraction of sp³-hybridized carbons (Fsp3) is 0.143. The van der Waals surface area contributed by atoms with Crippen LogP contribution in [0.4, 0.5) is 0 Å². The SMILES string of the molecule is C/C(Cc1ccccc1)=N\NC(=O)c1ccco1. The largest absolute Gasteiger partial charge is 0.459 e. The molecule has 1 heterocycles. The molecule has 0 atom stereocenters. The fourth-order valence-electron chi connectivity index (χ4n) is 1.54. The van der Waals surface area contributed by atoms with E-state index in [1.54, 1.807) is 12.1 Å².